The highest BCUT2D eigenvalue weighted by atomic mass is 32.2. The zero-order valence-electron chi connectivity index (χ0n) is 13.2. The zero-order chi connectivity index (χ0) is 16.4. The first-order valence-corrected chi connectivity index (χ1v) is 8.94. The Bertz CT molecular complexity index is 908. The van der Waals surface area contributed by atoms with Crippen molar-refractivity contribution in [2.45, 2.75) is 25.2 Å². The predicted octanol–water partition coefficient (Wildman–Crippen LogP) is 3.93. The Balaban J connectivity index is 1.95. The molecule has 0 fully saturated rings. The average molecular weight is 325 g/mol. The highest BCUT2D eigenvalue weighted by molar-refractivity contribution is 7.90. The van der Waals surface area contributed by atoms with Crippen molar-refractivity contribution in [3.63, 3.8) is 0 Å². The molecular weight excluding hydrogens is 306 g/mol. The third-order valence-electron chi connectivity index (χ3n) is 3.94. The van der Waals surface area contributed by atoms with E-state index < -0.39 is 10.0 Å². The van der Waals surface area contributed by atoms with Crippen LogP contribution in [0, 0.1) is 13.8 Å². The summed E-state index contributed by atoms with van der Waals surface area (Å²) < 4.78 is 26.8. The van der Waals surface area contributed by atoms with E-state index in [-0.39, 0.29) is 0 Å². The second-order valence-electron chi connectivity index (χ2n) is 5.78. The fourth-order valence-electron chi connectivity index (χ4n) is 2.54. The van der Waals surface area contributed by atoms with Crippen LogP contribution in [-0.4, -0.2) is 12.4 Å². The molecule has 3 aromatic rings. The number of nitrogens with zero attached hydrogens (tertiary/aromatic N) is 1. The summed E-state index contributed by atoms with van der Waals surface area (Å²) in [6.45, 7) is 3.88. The van der Waals surface area contributed by atoms with Crippen LogP contribution >= 0.6 is 0 Å². The van der Waals surface area contributed by atoms with Gasteiger partial charge in [0.15, 0.2) is 0 Å². The second-order valence-corrected chi connectivity index (χ2v) is 7.62. The molecule has 0 saturated heterocycles. The van der Waals surface area contributed by atoms with E-state index in [1.807, 2.05) is 56.3 Å². The molecule has 3 rings (SSSR count). The van der Waals surface area contributed by atoms with Crippen LogP contribution in [0.3, 0.4) is 0 Å². The number of benzene rings is 2. The first-order valence-electron chi connectivity index (χ1n) is 7.50. The number of rotatable bonds is 4. The maximum Gasteiger partial charge on any atom is 0.267 e. The molecule has 0 aliphatic rings. The quantitative estimate of drug-likeness (QED) is 0.729. The van der Waals surface area contributed by atoms with Crippen molar-refractivity contribution in [3.8, 4) is 0 Å². The molecule has 1 heterocycles. The SMILES string of the molecule is Cc1ccc(S(=O)(=O)n2cc(C)c(Cc3ccccc3)c2)cc1. The van der Waals surface area contributed by atoms with Gasteiger partial charge in [-0.15, -0.1) is 0 Å². The Morgan fingerprint density at radius 3 is 2.17 bits per heavy atom. The monoisotopic (exact) mass is 325 g/mol. The van der Waals surface area contributed by atoms with Crippen molar-refractivity contribution >= 4 is 10.0 Å². The van der Waals surface area contributed by atoms with Crippen molar-refractivity contribution in [1.82, 2.24) is 3.97 Å². The molecule has 0 radical (unpaired) electrons. The first-order chi connectivity index (χ1) is 11.0. The van der Waals surface area contributed by atoms with Gasteiger partial charge >= 0.3 is 0 Å². The van der Waals surface area contributed by atoms with E-state index in [0.29, 0.717) is 4.90 Å². The van der Waals surface area contributed by atoms with Gasteiger partial charge in [0.05, 0.1) is 4.90 Å². The van der Waals surface area contributed by atoms with Gasteiger partial charge in [0.1, 0.15) is 0 Å². The summed E-state index contributed by atoms with van der Waals surface area (Å²) in [4.78, 5) is 0.310. The predicted molar refractivity (Wildman–Crippen MR) is 92.2 cm³/mol. The minimum absolute atomic E-state index is 0.310. The number of aryl methyl sites for hydroxylation is 2. The van der Waals surface area contributed by atoms with E-state index in [1.165, 1.54) is 9.54 Å². The van der Waals surface area contributed by atoms with Crippen molar-refractivity contribution in [2.75, 3.05) is 0 Å². The van der Waals surface area contributed by atoms with Gasteiger partial charge in [-0.2, -0.15) is 0 Å². The molecule has 1 aromatic heterocycles. The van der Waals surface area contributed by atoms with Crippen LogP contribution in [0.4, 0.5) is 0 Å². The maximum absolute atomic E-state index is 12.7. The van der Waals surface area contributed by atoms with Crippen LogP contribution in [-0.2, 0) is 16.4 Å². The summed E-state index contributed by atoms with van der Waals surface area (Å²) in [5, 5.41) is 0. The van der Waals surface area contributed by atoms with Gasteiger partial charge in [-0.1, -0.05) is 48.0 Å². The summed E-state index contributed by atoms with van der Waals surface area (Å²) in [5.74, 6) is 0. The lowest BCUT2D eigenvalue weighted by molar-refractivity contribution is 0.587. The lowest BCUT2D eigenvalue weighted by Crippen LogP contribution is -2.10. The Morgan fingerprint density at radius 2 is 1.52 bits per heavy atom. The van der Waals surface area contributed by atoms with E-state index >= 15 is 0 Å². The van der Waals surface area contributed by atoms with Crippen LogP contribution in [0.5, 0.6) is 0 Å². The van der Waals surface area contributed by atoms with E-state index in [2.05, 4.69) is 0 Å². The topological polar surface area (TPSA) is 39.1 Å². The molecule has 2 aromatic carbocycles. The molecule has 0 N–H and O–H groups in total. The normalized spacial score (nSPS) is 11.6. The highest BCUT2D eigenvalue weighted by Gasteiger charge is 2.18. The molecule has 0 bridgehead atoms. The van der Waals surface area contributed by atoms with E-state index in [4.69, 9.17) is 0 Å². The second kappa shape index (κ2) is 6.05. The number of hydrogen-bond acceptors (Lipinski definition) is 2. The van der Waals surface area contributed by atoms with Crippen LogP contribution < -0.4 is 0 Å². The molecule has 118 valence electrons. The van der Waals surface area contributed by atoms with Gasteiger partial charge in [0.2, 0.25) is 0 Å². The summed E-state index contributed by atoms with van der Waals surface area (Å²) in [5.41, 5.74) is 4.20. The Morgan fingerprint density at radius 1 is 0.870 bits per heavy atom. The van der Waals surface area contributed by atoms with Gasteiger partial charge in [0.25, 0.3) is 10.0 Å². The molecule has 0 amide bonds. The highest BCUT2D eigenvalue weighted by Crippen LogP contribution is 2.20. The molecule has 23 heavy (non-hydrogen) atoms. The van der Waals surface area contributed by atoms with E-state index in [9.17, 15) is 8.42 Å². The summed E-state index contributed by atoms with van der Waals surface area (Å²) in [6.07, 6.45) is 4.13. The number of aromatic nitrogens is 1. The molecule has 0 atom stereocenters. The molecule has 0 aliphatic carbocycles. The summed E-state index contributed by atoms with van der Waals surface area (Å²) in [6, 6.07) is 17.0. The third kappa shape index (κ3) is 3.22. The van der Waals surface area contributed by atoms with Crippen LogP contribution in [0.15, 0.2) is 71.9 Å². The molecule has 0 aliphatic heterocycles. The lowest BCUT2D eigenvalue weighted by Gasteiger charge is -2.06. The van der Waals surface area contributed by atoms with E-state index in [1.54, 1.807) is 24.5 Å². The summed E-state index contributed by atoms with van der Waals surface area (Å²) in [7, 11) is -3.53. The Labute approximate surface area is 137 Å². The van der Waals surface area contributed by atoms with Crippen molar-refractivity contribution < 1.29 is 8.42 Å². The minimum atomic E-state index is -3.53. The number of hydrogen-bond donors (Lipinski definition) is 0. The summed E-state index contributed by atoms with van der Waals surface area (Å²) >= 11 is 0. The Hall–Kier alpha value is -2.33. The van der Waals surface area contributed by atoms with Crippen molar-refractivity contribution in [2.24, 2.45) is 0 Å². The van der Waals surface area contributed by atoms with Crippen molar-refractivity contribution in [3.05, 3.63) is 89.2 Å². The van der Waals surface area contributed by atoms with Crippen LogP contribution in [0.1, 0.15) is 22.3 Å². The zero-order valence-corrected chi connectivity index (χ0v) is 14.0. The molecule has 0 unspecified atom stereocenters. The Kier molecular flexibility index (Phi) is 4.09. The molecule has 4 heteroatoms. The maximum atomic E-state index is 12.7. The largest absolute Gasteiger partial charge is 0.267 e. The fraction of sp³-hybridized carbons (Fsp3) is 0.158. The first kappa shape index (κ1) is 15.6. The van der Waals surface area contributed by atoms with Crippen molar-refractivity contribution in [1.29, 1.82) is 0 Å². The van der Waals surface area contributed by atoms with Gasteiger partial charge < -0.3 is 0 Å². The van der Waals surface area contributed by atoms with E-state index in [0.717, 1.165) is 23.1 Å². The molecule has 3 nitrogen and oxygen atoms in total. The lowest BCUT2D eigenvalue weighted by atomic mass is 10.1. The van der Waals surface area contributed by atoms with Gasteiger partial charge in [-0.3, -0.25) is 0 Å². The molecule has 0 saturated carbocycles. The van der Waals surface area contributed by atoms with Gasteiger partial charge in [-0.05, 0) is 49.1 Å². The smallest absolute Gasteiger partial charge is 0.248 e. The third-order valence-corrected chi connectivity index (χ3v) is 5.58. The van der Waals surface area contributed by atoms with Crippen LogP contribution in [0.2, 0.25) is 0 Å². The van der Waals surface area contributed by atoms with Crippen LogP contribution in [0.25, 0.3) is 0 Å². The van der Waals surface area contributed by atoms with Gasteiger partial charge in [0, 0.05) is 12.4 Å². The molecular formula is C19H19NO2S. The fourth-order valence-corrected chi connectivity index (χ4v) is 3.82. The standard InChI is InChI=1S/C19H19NO2S/c1-15-8-10-19(11-9-15)23(21,22)20-13-16(2)18(14-20)12-17-6-4-3-5-7-17/h3-11,13-14H,12H2,1-2H3. The average Bonchev–Trinajstić information content (AvgIpc) is 2.90. The van der Waals surface area contributed by atoms with Gasteiger partial charge in [-0.25, -0.2) is 12.4 Å². The minimum Gasteiger partial charge on any atom is -0.248 e. The molecule has 0 spiro atoms.